The van der Waals surface area contributed by atoms with E-state index >= 15 is 0 Å². The molecule has 1 amide bonds. The largest absolute Gasteiger partial charge is 0.452 e. The second-order valence-corrected chi connectivity index (χ2v) is 7.29. The van der Waals surface area contributed by atoms with E-state index in [9.17, 15) is 14.4 Å². The van der Waals surface area contributed by atoms with Crippen molar-refractivity contribution in [3.8, 4) is 0 Å². The van der Waals surface area contributed by atoms with Crippen molar-refractivity contribution in [2.75, 3.05) is 11.5 Å². The van der Waals surface area contributed by atoms with Crippen LogP contribution in [-0.2, 0) is 16.0 Å². The fourth-order valence-electron chi connectivity index (χ4n) is 3.74. The molecule has 1 aliphatic rings. The number of anilines is 1. The number of benzene rings is 3. The lowest BCUT2D eigenvalue weighted by atomic mass is 10.0. The number of nitrogens with zero attached hydrogens (tertiary/aromatic N) is 1. The predicted molar refractivity (Wildman–Crippen MR) is 114 cm³/mol. The van der Waals surface area contributed by atoms with Crippen LogP contribution in [0.1, 0.15) is 38.8 Å². The minimum atomic E-state index is -0.595. The van der Waals surface area contributed by atoms with Crippen molar-refractivity contribution in [2.24, 2.45) is 0 Å². The highest BCUT2D eigenvalue weighted by Gasteiger charge is 2.31. The highest BCUT2D eigenvalue weighted by molar-refractivity contribution is 6.09. The Labute approximate surface area is 174 Å². The summed E-state index contributed by atoms with van der Waals surface area (Å²) in [7, 11) is 0. The first-order valence-corrected chi connectivity index (χ1v) is 9.81. The van der Waals surface area contributed by atoms with Gasteiger partial charge in [0.2, 0.25) is 0 Å². The average Bonchev–Trinajstić information content (AvgIpc) is 3.13. The van der Waals surface area contributed by atoms with Gasteiger partial charge >= 0.3 is 5.97 Å². The van der Waals surface area contributed by atoms with Crippen molar-refractivity contribution in [3.63, 3.8) is 0 Å². The lowest BCUT2D eigenvalue weighted by molar-refractivity contribution is -0.122. The number of fused-ring (bicyclic) bond motifs is 1. The molecule has 4 rings (SSSR count). The van der Waals surface area contributed by atoms with Crippen molar-refractivity contribution in [1.82, 2.24) is 0 Å². The molecule has 0 saturated carbocycles. The highest BCUT2D eigenvalue weighted by Crippen LogP contribution is 2.31. The van der Waals surface area contributed by atoms with Crippen LogP contribution >= 0.6 is 0 Å². The van der Waals surface area contributed by atoms with Crippen molar-refractivity contribution in [2.45, 2.75) is 19.4 Å². The molecule has 1 unspecified atom stereocenters. The molecular formula is C25H21NO4. The number of carbonyl (C=O) groups excluding carboxylic acids is 3. The number of ketones is 1. The van der Waals surface area contributed by atoms with Gasteiger partial charge in [0.15, 0.2) is 12.4 Å². The number of hydrogen-bond acceptors (Lipinski definition) is 4. The molecule has 30 heavy (non-hydrogen) atoms. The first kappa shape index (κ1) is 19.6. The maximum atomic E-state index is 12.7. The molecule has 0 radical (unpaired) electrons. The number of amides is 1. The Kier molecular flexibility index (Phi) is 5.44. The van der Waals surface area contributed by atoms with E-state index < -0.39 is 5.97 Å². The Bertz CT molecular complexity index is 1090. The first-order valence-electron chi connectivity index (χ1n) is 9.81. The topological polar surface area (TPSA) is 63.7 Å². The Morgan fingerprint density at radius 1 is 0.833 bits per heavy atom. The van der Waals surface area contributed by atoms with Gasteiger partial charge in [-0.25, -0.2) is 4.79 Å². The fraction of sp³-hybridized carbons (Fsp3) is 0.160. The predicted octanol–water partition coefficient (Wildman–Crippen LogP) is 4.05. The number of para-hydroxylation sites is 1. The van der Waals surface area contributed by atoms with E-state index in [1.54, 1.807) is 41.3 Å². The molecule has 0 saturated heterocycles. The van der Waals surface area contributed by atoms with Crippen LogP contribution in [0.4, 0.5) is 5.69 Å². The quantitative estimate of drug-likeness (QED) is 0.480. The van der Waals surface area contributed by atoms with Crippen LogP contribution < -0.4 is 4.90 Å². The van der Waals surface area contributed by atoms with Gasteiger partial charge in [-0.1, -0.05) is 60.7 Å². The second kappa shape index (κ2) is 8.33. The van der Waals surface area contributed by atoms with Gasteiger partial charge in [-0.15, -0.1) is 0 Å². The smallest absolute Gasteiger partial charge is 0.338 e. The molecule has 1 atom stereocenters. The van der Waals surface area contributed by atoms with E-state index in [1.165, 1.54) is 12.1 Å². The third-order valence-electron chi connectivity index (χ3n) is 5.22. The van der Waals surface area contributed by atoms with Crippen LogP contribution in [0.25, 0.3) is 0 Å². The third-order valence-corrected chi connectivity index (χ3v) is 5.22. The van der Waals surface area contributed by atoms with Gasteiger partial charge in [0.25, 0.3) is 5.91 Å². The molecule has 150 valence electrons. The Morgan fingerprint density at radius 3 is 2.17 bits per heavy atom. The molecule has 3 aromatic carbocycles. The lowest BCUT2D eigenvalue weighted by Gasteiger charge is -2.22. The zero-order valence-electron chi connectivity index (χ0n) is 16.6. The van der Waals surface area contributed by atoms with Crippen LogP contribution in [0.2, 0.25) is 0 Å². The zero-order chi connectivity index (χ0) is 21.1. The maximum Gasteiger partial charge on any atom is 0.338 e. The van der Waals surface area contributed by atoms with Gasteiger partial charge in [-0.05, 0) is 37.1 Å². The number of carbonyl (C=O) groups is 3. The summed E-state index contributed by atoms with van der Waals surface area (Å²) in [5, 5.41) is 0. The monoisotopic (exact) mass is 399 g/mol. The highest BCUT2D eigenvalue weighted by atomic mass is 16.5. The van der Waals surface area contributed by atoms with E-state index in [0.717, 1.165) is 17.7 Å². The Hall–Kier alpha value is -3.73. The molecule has 0 bridgehead atoms. The van der Waals surface area contributed by atoms with Crippen LogP contribution in [0.3, 0.4) is 0 Å². The maximum absolute atomic E-state index is 12.7. The number of hydrogen-bond donors (Lipinski definition) is 0. The van der Waals surface area contributed by atoms with E-state index in [1.807, 2.05) is 37.3 Å². The molecule has 5 heteroatoms. The number of esters is 1. The van der Waals surface area contributed by atoms with Gasteiger partial charge in [0, 0.05) is 22.9 Å². The molecule has 0 spiro atoms. The summed E-state index contributed by atoms with van der Waals surface area (Å²) >= 11 is 0. The van der Waals surface area contributed by atoms with Crippen LogP contribution in [0, 0.1) is 0 Å². The normalized spacial score (nSPS) is 14.8. The van der Waals surface area contributed by atoms with Crippen molar-refractivity contribution in [1.29, 1.82) is 0 Å². The van der Waals surface area contributed by atoms with E-state index in [0.29, 0.717) is 16.7 Å². The van der Waals surface area contributed by atoms with E-state index in [2.05, 4.69) is 0 Å². The average molecular weight is 399 g/mol. The summed E-state index contributed by atoms with van der Waals surface area (Å²) < 4.78 is 5.24. The number of ether oxygens (including phenoxy) is 1. The zero-order valence-corrected chi connectivity index (χ0v) is 16.6. The number of rotatable bonds is 5. The molecule has 0 N–H and O–H groups in total. The summed E-state index contributed by atoms with van der Waals surface area (Å²) in [4.78, 5) is 39.2. The molecule has 0 aliphatic carbocycles. The second-order valence-electron chi connectivity index (χ2n) is 7.29. The molecule has 0 aromatic heterocycles. The van der Waals surface area contributed by atoms with Gasteiger partial charge in [0.05, 0.1) is 5.56 Å². The van der Waals surface area contributed by atoms with Gasteiger partial charge in [-0.3, -0.25) is 9.59 Å². The fourth-order valence-corrected chi connectivity index (χ4v) is 3.74. The summed E-state index contributed by atoms with van der Waals surface area (Å²) in [6.07, 6.45) is 0.784. The van der Waals surface area contributed by atoms with Gasteiger partial charge in [0.1, 0.15) is 0 Å². The minimum Gasteiger partial charge on any atom is -0.452 e. The molecule has 0 fully saturated rings. The third kappa shape index (κ3) is 3.87. The van der Waals surface area contributed by atoms with E-state index in [-0.39, 0.29) is 24.3 Å². The van der Waals surface area contributed by atoms with Crippen molar-refractivity contribution in [3.05, 3.63) is 101 Å². The van der Waals surface area contributed by atoms with Crippen LogP contribution in [0.5, 0.6) is 0 Å². The Balaban J connectivity index is 1.39. The molecule has 3 aromatic rings. The molecule has 1 heterocycles. The minimum absolute atomic E-state index is 0.0249. The first-order chi connectivity index (χ1) is 14.5. The summed E-state index contributed by atoms with van der Waals surface area (Å²) in [5.41, 5.74) is 3.34. The summed E-state index contributed by atoms with van der Waals surface area (Å²) in [6.45, 7) is 1.64. The molecule has 5 nitrogen and oxygen atoms in total. The van der Waals surface area contributed by atoms with Gasteiger partial charge < -0.3 is 9.64 Å². The van der Waals surface area contributed by atoms with Crippen LogP contribution in [0.15, 0.2) is 78.9 Å². The Morgan fingerprint density at radius 2 is 1.43 bits per heavy atom. The SMILES string of the molecule is CC1Cc2ccccc2N1C(=O)COC(=O)c1ccc(C(=O)c2ccccc2)cc1. The van der Waals surface area contributed by atoms with Crippen LogP contribution in [-0.4, -0.2) is 30.3 Å². The van der Waals surface area contributed by atoms with Crippen molar-refractivity contribution < 1.29 is 19.1 Å². The van der Waals surface area contributed by atoms with Gasteiger partial charge in [-0.2, -0.15) is 0 Å². The molecule has 1 aliphatic heterocycles. The summed E-state index contributed by atoms with van der Waals surface area (Å²) in [5.74, 6) is -0.966. The lowest BCUT2D eigenvalue weighted by Crippen LogP contribution is -2.38. The van der Waals surface area contributed by atoms with Crippen molar-refractivity contribution >= 4 is 23.3 Å². The molecular weight excluding hydrogens is 378 g/mol. The summed E-state index contributed by atoms with van der Waals surface area (Å²) in [6, 6.07) is 23.0. The standard InChI is InChI=1S/C25H21NO4/c1-17-15-21-9-5-6-10-22(21)26(17)23(27)16-30-25(29)20-13-11-19(12-14-20)24(28)18-7-3-2-4-8-18/h2-14,17H,15-16H2,1H3. The van der Waals surface area contributed by atoms with E-state index in [4.69, 9.17) is 4.74 Å².